The number of thioether (sulfide) groups is 1. The lowest BCUT2D eigenvalue weighted by atomic mass is 10.2. The van der Waals surface area contributed by atoms with Gasteiger partial charge < -0.3 is 9.47 Å². The molecule has 0 radical (unpaired) electrons. The van der Waals surface area contributed by atoms with Crippen LogP contribution in [-0.4, -0.2) is 67.8 Å². The number of hydrogen-bond donors (Lipinski definition) is 0. The number of ether oxygens (including phenoxy) is 2. The third-order valence-electron chi connectivity index (χ3n) is 4.86. The molecule has 0 fully saturated rings. The topological polar surface area (TPSA) is 86.5 Å². The largest absolute Gasteiger partial charge is 0.354 e. The van der Waals surface area contributed by atoms with Gasteiger partial charge in [0.05, 0.1) is 11.4 Å². The minimum absolute atomic E-state index is 0.189. The fourth-order valence-corrected chi connectivity index (χ4v) is 4.75. The van der Waals surface area contributed by atoms with E-state index in [0.29, 0.717) is 28.8 Å². The Kier molecular flexibility index (Phi) is 8.81. The monoisotopic (exact) mass is 488 g/mol. The highest BCUT2D eigenvalue weighted by atomic mass is 32.2. The van der Waals surface area contributed by atoms with Crippen molar-refractivity contribution >= 4 is 27.9 Å². The van der Waals surface area contributed by atoms with E-state index >= 15 is 0 Å². The molecule has 0 aliphatic rings. The zero-order chi connectivity index (χ0) is 23.8. The van der Waals surface area contributed by atoms with E-state index in [1.165, 1.54) is 30.2 Å². The summed E-state index contributed by atoms with van der Waals surface area (Å²) in [6.45, 7) is 0.352. The van der Waals surface area contributed by atoms with Gasteiger partial charge in [0.1, 0.15) is 0 Å². The Morgan fingerprint density at radius 3 is 2.45 bits per heavy atom. The molecule has 0 spiro atoms. The number of hydrogen-bond acceptors (Lipinski definition) is 7. The summed E-state index contributed by atoms with van der Waals surface area (Å²) in [4.78, 5) is 0.189. The molecule has 10 heteroatoms. The van der Waals surface area contributed by atoms with Crippen molar-refractivity contribution in [3.8, 4) is 11.4 Å². The molecule has 0 bridgehead atoms. The van der Waals surface area contributed by atoms with Crippen LogP contribution in [0.5, 0.6) is 0 Å². The van der Waals surface area contributed by atoms with Gasteiger partial charge in [0.2, 0.25) is 10.0 Å². The van der Waals surface area contributed by atoms with E-state index in [-0.39, 0.29) is 4.90 Å². The average Bonchev–Trinajstić information content (AvgIpc) is 3.23. The van der Waals surface area contributed by atoms with Crippen molar-refractivity contribution in [3.63, 3.8) is 0 Å². The van der Waals surface area contributed by atoms with Crippen LogP contribution >= 0.6 is 11.8 Å². The van der Waals surface area contributed by atoms with Crippen LogP contribution in [0.2, 0.25) is 0 Å². The molecule has 0 N–H and O–H groups in total. The smallest absolute Gasteiger partial charge is 0.242 e. The molecule has 0 aliphatic heterocycles. The molecule has 0 atom stereocenters. The van der Waals surface area contributed by atoms with Crippen LogP contribution in [0.3, 0.4) is 0 Å². The van der Waals surface area contributed by atoms with E-state index in [0.717, 1.165) is 5.56 Å². The molecule has 0 unspecified atom stereocenters. The molecule has 3 rings (SSSR count). The fourth-order valence-electron chi connectivity index (χ4n) is 3.05. The highest BCUT2D eigenvalue weighted by Gasteiger charge is 2.21. The van der Waals surface area contributed by atoms with Crippen molar-refractivity contribution in [3.05, 3.63) is 66.2 Å². The average molecular weight is 489 g/mol. The summed E-state index contributed by atoms with van der Waals surface area (Å²) in [7, 11) is 2.57. The Balaban J connectivity index is 1.90. The van der Waals surface area contributed by atoms with E-state index < -0.39 is 16.3 Å². The number of sulfonamides is 1. The summed E-state index contributed by atoms with van der Waals surface area (Å²) in [6, 6.07) is 16.7. The Hall–Kier alpha value is -2.50. The van der Waals surface area contributed by atoms with Crippen molar-refractivity contribution in [2.24, 2.45) is 0 Å². The molecule has 0 aliphatic carbocycles. The summed E-state index contributed by atoms with van der Waals surface area (Å²) < 4.78 is 39.0. The predicted molar refractivity (Wildman–Crippen MR) is 130 cm³/mol. The summed E-state index contributed by atoms with van der Waals surface area (Å²) in [6.07, 6.45) is 3.61. The molecule has 33 heavy (non-hydrogen) atoms. The third-order valence-corrected chi connectivity index (χ3v) is 7.59. The second-order valence-electron chi connectivity index (χ2n) is 7.26. The highest BCUT2D eigenvalue weighted by Crippen LogP contribution is 2.27. The minimum Gasteiger partial charge on any atom is -0.354 e. The molecule has 8 nitrogen and oxygen atoms in total. The number of aromatic nitrogens is 3. The van der Waals surface area contributed by atoms with Gasteiger partial charge in [0.15, 0.2) is 17.3 Å². The van der Waals surface area contributed by atoms with E-state index in [1.807, 2.05) is 41.0 Å². The molecule has 0 amide bonds. The van der Waals surface area contributed by atoms with Crippen LogP contribution in [0.25, 0.3) is 17.5 Å². The molecule has 1 aromatic heterocycles. The summed E-state index contributed by atoms with van der Waals surface area (Å²) >= 11 is 1.52. The molecular weight excluding hydrogens is 460 g/mol. The quantitative estimate of drug-likeness (QED) is 0.301. The van der Waals surface area contributed by atoms with Gasteiger partial charge >= 0.3 is 0 Å². The van der Waals surface area contributed by atoms with Crippen LogP contribution in [0, 0.1) is 0 Å². The van der Waals surface area contributed by atoms with Crippen molar-refractivity contribution in [1.82, 2.24) is 19.1 Å². The van der Waals surface area contributed by atoms with Crippen LogP contribution in [0.15, 0.2) is 70.7 Å². The Morgan fingerprint density at radius 1 is 1.06 bits per heavy atom. The van der Waals surface area contributed by atoms with Crippen LogP contribution in [0.1, 0.15) is 5.56 Å². The van der Waals surface area contributed by atoms with Gasteiger partial charge in [-0.15, -0.1) is 10.2 Å². The first kappa shape index (κ1) is 25.1. The van der Waals surface area contributed by atoms with Gasteiger partial charge in [-0.3, -0.25) is 4.57 Å². The number of nitrogens with zero attached hydrogens (tertiary/aromatic N) is 4. The fraction of sp³-hybridized carbons (Fsp3) is 0.304. The maximum atomic E-state index is 12.6. The Labute approximate surface area is 199 Å². The van der Waals surface area contributed by atoms with E-state index in [9.17, 15) is 8.42 Å². The van der Waals surface area contributed by atoms with Crippen LogP contribution in [0.4, 0.5) is 0 Å². The van der Waals surface area contributed by atoms with Crippen molar-refractivity contribution < 1.29 is 17.9 Å². The second kappa shape index (κ2) is 11.6. The van der Waals surface area contributed by atoms with E-state index in [4.69, 9.17) is 9.47 Å². The molecule has 2 aromatic carbocycles. The molecule has 0 saturated heterocycles. The maximum Gasteiger partial charge on any atom is 0.242 e. The van der Waals surface area contributed by atoms with Gasteiger partial charge in [-0.2, -0.15) is 0 Å². The van der Waals surface area contributed by atoms with Gasteiger partial charge in [-0.1, -0.05) is 66.4 Å². The lowest BCUT2D eigenvalue weighted by Crippen LogP contribution is -2.22. The van der Waals surface area contributed by atoms with Gasteiger partial charge in [-0.25, -0.2) is 12.7 Å². The lowest BCUT2D eigenvalue weighted by molar-refractivity contribution is -0.111. The molecule has 176 valence electrons. The Morgan fingerprint density at radius 2 is 1.79 bits per heavy atom. The predicted octanol–water partition coefficient (Wildman–Crippen LogP) is 3.62. The zero-order valence-electron chi connectivity index (χ0n) is 19.1. The summed E-state index contributed by atoms with van der Waals surface area (Å²) in [5.74, 6) is 1.23. The van der Waals surface area contributed by atoms with Crippen molar-refractivity contribution in [2.75, 3.05) is 34.1 Å². The van der Waals surface area contributed by atoms with Gasteiger partial charge in [-0.05, 0) is 17.7 Å². The molecule has 0 saturated carbocycles. The number of benzene rings is 2. The third kappa shape index (κ3) is 6.30. The Bertz CT molecular complexity index is 1170. The molecular formula is C23H28N4O4S2. The normalized spacial score (nSPS) is 12.3. The van der Waals surface area contributed by atoms with Crippen molar-refractivity contribution in [1.29, 1.82) is 0 Å². The zero-order valence-corrected chi connectivity index (χ0v) is 20.7. The van der Waals surface area contributed by atoms with Crippen molar-refractivity contribution in [2.45, 2.75) is 22.9 Å². The van der Waals surface area contributed by atoms with Gasteiger partial charge in [0, 0.05) is 39.6 Å². The van der Waals surface area contributed by atoms with E-state index in [2.05, 4.69) is 22.3 Å². The summed E-state index contributed by atoms with van der Waals surface area (Å²) in [5, 5.41) is 9.40. The van der Waals surface area contributed by atoms with Crippen LogP contribution < -0.4 is 0 Å². The first-order valence-electron chi connectivity index (χ1n) is 10.2. The SMILES string of the molecule is COC(Cn1c(SCC=Cc2ccccc2)nnc1-c1cccc(S(=O)(=O)N(C)C)c1)OC. The maximum absolute atomic E-state index is 12.6. The van der Waals surface area contributed by atoms with E-state index in [1.54, 1.807) is 32.4 Å². The minimum atomic E-state index is -3.58. The van der Waals surface area contributed by atoms with Gasteiger partial charge in [0.25, 0.3) is 0 Å². The molecule has 1 heterocycles. The number of methoxy groups -OCH3 is 2. The highest BCUT2D eigenvalue weighted by molar-refractivity contribution is 7.99. The molecule has 3 aromatic rings. The lowest BCUT2D eigenvalue weighted by Gasteiger charge is -2.17. The number of rotatable bonds is 11. The summed E-state index contributed by atoms with van der Waals surface area (Å²) in [5.41, 5.74) is 1.76. The van der Waals surface area contributed by atoms with Crippen LogP contribution in [-0.2, 0) is 26.0 Å². The second-order valence-corrected chi connectivity index (χ2v) is 10.4. The first-order valence-corrected chi connectivity index (χ1v) is 12.7. The first-order chi connectivity index (χ1) is 15.9. The standard InChI is InChI=1S/C23H28N4O4S2/c1-26(2)33(28,29)20-14-8-13-19(16-20)22-24-25-23(27(22)17-21(30-3)31-4)32-15-9-12-18-10-6-5-7-11-18/h5-14,16,21H,15,17H2,1-4H3.